The van der Waals surface area contributed by atoms with Crippen LogP contribution in [0.3, 0.4) is 0 Å². The topological polar surface area (TPSA) is 6.48 Å². The second kappa shape index (κ2) is 10.9. The van der Waals surface area contributed by atoms with Crippen LogP contribution in [0, 0.1) is 0 Å². The Hall–Kier alpha value is -5.16. The van der Waals surface area contributed by atoms with Crippen molar-refractivity contribution in [2.24, 2.45) is 0 Å². The molecule has 4 heteroatoms. The van der Waals surface area contributed by atoms with Gasteiger partial charge in [0.1, 0.15) is 0 Å². The number of hydrogen-bond acceptors (Lipinski definition) is 4. The van der Waals surface area contributed by atoms with E-state index in [1.165, 1.54) is 64.3 Å². The highest BCUT2D eigenvalue weighted by Crippen LogP contribution is 2.59. The number of anilines is 6. The van der Waals surface area contributed by atoms with E-state index in [-0.39, 0.29) is 5.41 Å². The first-order chi connectivity index (χ1) is 24.1. The van der Waals surface area contributed by atoms with Crippen molar-refractivity contribution in [3.05, 3.63) is 169 Å². The summed E-state index contributed by atoms with van der Waals surface area (Å²) in [6.07, 6.45) is 0. The van der Waals surface area contributed by atoms with Gasteiger partial charge in [-0.2, -0.15) is 0 Å². The first-order valence-corrected chi connectivity index (χ1v) is 18.4. The van der Waals surface area contributed by atoms with Gasteiger partial charge in [0, 0.05) is 36.4 Å². The number of hydrogen-bond donors (Lipinski definition) is 0. The lowest BCUT2D eigenvalue weighted by Crippen LogP contribution is -2.23. The van der Waals surface area contributed by atoms with Crippen LogP contribution >= 0.6 is 23.5 Å². The molecule has 0 unspecified atom stereocenters. The second-order valence-corrected chi connectivity index (χ2v) is 15.5. The first kappa shape index (κ1) is 28.8. The summed E-state index contributed by atoms with van der Waals surface area (Å²) in [7, 11) is 0. The molecule has 0 aromatic heterocycles. The minimum absolute atomic E-state index is 0.0996. The quantitative estimate of drug-likeness (QED) is 0.185. The van der Waals surface area contributed by atoms with E-state index < -0.39 is 0 Å². The van der Waals surface area contributed by atoms with Crippen LogP contribution in [0.5, 0.6) is 0 Å². The molecule has 1 aliphatic carbocycles. The molecule has 0 atom stereocenters. The highest BCUT2D eigenvalue weighted by Gasteiger charge is 2.40. The maximum absolute atomic E-state index is 2.44. The van der Waals surface area contributed by atoms with E-state index >= 15 is 0 Å². The summed E-state index contributed by atoms with van der Waals surface area (Å²) in [6, 6.07) is 57.7. The molecule has 7 aromatic rings. The Kier molecular flexibility index (Phi) is 6.43. The van der Waals surface area contributed by atoms with Gasteiger partial charge in [-0.25, -0.2) is 0 Å². The average Bonchev–Trinajstić information content (AvgIpc) is 3.39. The van der Waals surface area contributed by atoms with Crippen molar-refractivity contribution in [1.82, 2.24) is 0 Å². The highest BCUT2D eigenvalue weighted by molar-refractivity contribution is 8.05. The fourth-order valence-corrected chi connectivity index (χ4v) is 10.5. The molecule has 0 saturated heterocycles. The van der Waals surface area contributed by atoms with Crippen LogP contribution in [0.15, 0.2) is 177 Å². The zero-order chi connectivity index (χ0) is 32.7. The van der Waals surface area contributed by atoms with Crippen LogP contribution in [-0.4, -0.2) is 0 Å². The van der Waals surface area contributed by atoms with E-state index in [0.29, 0.717) is 0 Å². The van der Waals surface area contributed by atoms with Gasteiger partial charge < -0.3 is 9.80 Å². The van der Waals surface area contributed by atoms with Gasteiger partial charge in [0.2, 0.25) is 0 Å². The summed E-state index contributed by atoms with van der Waals surface area (Å²) >= 11 is 3.84. The van der Waals surface area contributed by atoms with Crippen molar-refractivity contribution in [2.45, 2.75) is 38.8 Å². The Morgan fingerprint density at radius 2 is 0.939 bits per heavy atom. The zero-order valence-corrected chi connectivity index (χ0v) is 28.9. The monoisotopic (exact) mass is 664 g/mol. The number of para-hydroxylation sites is 5. The minimum atomic E-state index is -0.0996. The first-order valence-electron chi connectivity index (χ1n) is 16.8. The van der Waals surface area contributed by atoms with Crippen LogP contribution < -0.4 is 9.80 Å². The summed E-state index contributed by atoms with van der Waals surface area (Å²) in [5.41, 5.74) is 14.9. The maximum Gasteiger partial charge on any atom is 0.0703 e. The molecule has 0 fully saturated rings. The highest BCUT2D eigenvalue weighted by atomic mass is 32.2. The van der Waals surface area contributed by atoms with E-state index in [4.69, 9.17) is 0 Å². The summed E-state index contributed by atoms with van der Waals surface area (Å²) in [4.78, 5) is 10.3. The van der Waals surface area contributed by atoms with Gasteiger partial charge in [-0.1, -0.05) is 122 Å². The van der Waals surface area contributed by atoms with Crippen LogP contribution in [0.1, 0.15) is 25.0 Å². The third kappa shape index (κ3) is 4.37. The largest absolute Gasteiger partial charge is 0.306 e. The summed E-state index contributed by atoms with van der Waals surface area (Å²) in [6.45, 7) is 4.81. The molecule has 3 aliphatic rings. The molecular weight excluding hydrogens is 633 g/mol. The molecule has 0 radical (unpaired) electrons. The average molecular weight is 665 g/mol. The van der Waals surface area contributed by atoms with Gasteiger partial charge in [-0.05, 0) is 106 Å². The molecular formula is C45H32N2S2. The van der Waals surface area contributed by atoms with Gasteiger partial charge in [0.05, 0.1) is 22.7 Å². The molecule has 234 valence electrons. The Balaban J connectivity index is 1.02. The van der Waals surface area contributed by atoms with Crippen LogP contribution in [0.25, 0.3) is 22.3 Å². The van der Waals surface area contributed by atoms with Gasteiger partial charge in [0.15, 0.2) is 0 Å². The lowest BCUT2D eigenvalue weighted by molar-refractivity contribution is 0.642. The van der Waals surface area contributed by atoms with E-state index in [9.17, 15) is 0 Å². The number of rotatable bonds is 3. The third-order valence-corrected chi connectivity index (χ3v) is 12.8. The Bertz CT molecular complexity index is 2380. The Labute approximate surface area is 296 Å². The second-order valence-electron chi connectivity index (χ2n) is 13.4. The fourth-order valence-electron chi connectivity index (χ4n) is 7.93. The van der Waals surface area contributed by atoms with Crippen LogP contribution in [0.2, 0.25) is 0 Å². The number of benzene rings is 7. The molecule has 2 aliphatic heterocycles. The van der Waals surface area contributed by atoms with Crippen LogP contribution in [0.4, 0.5) is 34.1 Å². The van der Waals surface area contributed by atoms with Gasteiger partial charge in [-0.15, -0.1) is 0 Å². The summed E-state index contributed by atoms with van der Waals surface area (Å²) < 4.78 is 0. The predicted octanol–water partition coefficient (Wildman–Crippen LogP) is 13.5. The zero-order valence-electron chi connectivity index (χ0n) is 27.2. The molecule has 0 saturated carbocycles. The van der Waals surface area contributed by atoms with E-state index in [1.54, 1.807) is 0 Å². The number of fused-ring (bicyclic) bond motifs is 8. The van der Waals surface area contributed by atoms with Crippen LogP contribution in [-0.2, 0) is 5.41 Å². The molecule has 0 spiro atoms. The summed E-state index contributed by atoms with van der Waals surface area (Å²) in [5.74, 6) is 0. The molecule has 49 heavy (non-hydrogen) atoms. The standard InChI is InChI=1S/C45H32N2S2/c1-45(2)35-28-30(22-25-33(35)34-26-27-42-44(43(34)45)49-41-19-11-10-18-40(41)48-42)29-20-23-32(24-21-29)47-38-16-8-6-14-36(38)46(31-12-4-3-5-13-31)37-15-7-9-17-39(37)47/h3-28H,1-2H3. The lowest BCUT2D eigenvalue weighted by Gasteiger charge is -2.40. The third-order valence-electron chi connectivity index (χ3n) is 10.2. The fraction of sp³-hybridized carbons (Fsp3) is 0.0667. The van der Waals surface area contributed by atoms with Crippen molar-refractivity contribution in [2.75, 3.05) is 9.80 Å². The predicted molar refractivity (Wildman–Crippen MR) is 207 cm³/mol. The van der Waals surface area contributed by atoms with E-state index in [0.717, 1.165) is 22.7 Å². The van der Waals surface area contributed by atoms with Crippen molar-refractivity contribution >= 4 is 57.6 Å². The lowest BCUT2D eigenvalue weighted by atomic mass is 9.81. The van der Waals surface area contributed by atoms with Gasteiger partial charge >= 0.3 is 0 Å². The van der Waals surface area contributed by atoms with Crippen molar-refractivity contribution in [3.8, 4) is 22.3 Å². The van der Waals surface area contributed by atoms with Crippen molar-refractivity contribution in [1.29, 1.82) is 0 Å². The Morgan fingerprint density at radius 3 is 1.57 bits per heavy atom. The molecule has 2 nitrogen and oxygen atoms in total. The van der Waals surface area contributed by atoms with Crippen molar-refractivity contribution < 1.29 is 0 Å². The molecule has 2 heterocycles. The molecule has 0 N–H and O–H groups in total. The molecule has 7 aromatic carbocycles. The van der Waals surface area contributed by atoms with E-state index in [2.05, 4.69) is 181 Å². The van der Waals surface area contributed by atoms with E-state index in [1.807, 2.05) is 23.5 Å². The smallest absolute Gasteiger partial charge is 0.0703 e. The van der Waals surface area contributed by atoms with Crippen molar-refractivity contribution in [3.63, 3.8) is 0 Å². The maximum atomic E-state index is 2.44. The molecule has 10 rings (SSSR count). The SMILES string of the molecule is CC1(C)c2cc(-c3ccc(N4c5ccccc5N(c5ccccc5)c5ccccc54)cc3)ccc2-c2ccc3c(c21)Sc1ccccc1S3. The molecule has 0 amide bonds. The molecule has 0 bridgehead atoms. The van der Waals surface area contributed by atoms with Gasteiger partial charge in [-0.3, -0.25) is 0 Å². The summed E-state index contributed by atoms with van der Waals surface area (Å²) in [5, 5.41) is 0. The normalized spacial score (nSPS) is 14.7. The minimum Gasteiger partial charge on any atom is -0.306 e. The van der Waals surface area contributed by atoms with Gasteiger partial charge in [0.25, 0.3) is 0 Å². The number of nitrogens with zero attached hydrogens (tertiary/aromatic N) is 2. The Morgan fingerprint density at radius 1 is 0.429 bits per heavy atom.